The van der Waals surface area contributed by atoms with Gasteiger partial charge in [-0.25, -0.2) is 0 Å². The predicted octanol–water partition coefficient (Wildman–Crippen LogP) is 0.612. The van der Waals surface area contributed by atoms with Crippen LogP contribution in [0.25, 0.3) is 0 Å². The predicted molar refractivity (Wildman–Crippen MR) is 74.7 cm³/mol. The lowest BCUT2D eigenvalue weighted by Gasteiger charge is -2.29. The van der Waals surface area contributed by atoms with E-state index in [0.29, 0.717) is 18.2 Å². The van der Waals surface area contributed by atoms with Crippen LogP contribution in [0.1, 0.15) is 28.9 Å². The molecule has 5 heteroatoms. The normalized spacial score (nSPS) is 20.2. The second-order valence-corrected chi connectivity index (χ2v) is 5.23. The van der Waals surface area contributed by atoms with E-state index in [1.807, 2.05) is 6.07 Å². The summed E-state index contributed by atoms with van der Waals surface area (Å²) in [6.07, 6.45) is 4.02. The average molecular weight is 262 g/mol. The van der Waals surface area contributed by atoms with Crippen LogP contribution >= 0.6 is 0 Å². The number of carbonyl (C=O) groups is 1. The van der Waals surface area contributed by atoms with Crippen LogP contribution in [0.4, 0.5) is 0 Å². The molecule has 1 saturated heterocycles. The SMILES string of the molecule is CN1CCCC(CNC(=O)c2cc(CN)ccn2)C1. The van der Waals surface area contributed by atoms with E-state index in [1.165, 1.54) is 12.8 Å². The number of nitrogens with two attached hydrogens (primary N) is 1. The van der Waals surface area contributed by atoms with Crippen molar-refractivity contribution in [2.75, 3.05) is 26.7 Å². The van der Waals surface area contributed by atoms with Gasteiger partial charge in [0.1, 0.15) is 5.69 Å². The third-order valence-corrected chi connectivity index (χ3v) is 3.57. The lowest BCUT2D eigenvalue weighted by molar-refractivity contribution is 0.0931. The van der Waals surface area contributed by atoms with Gasteiger partial charge in [-0.1, -0.05) is 0 Å². The lowest BCUT2D eigenvalue weighted by Crippen LogP contribution is -2.39. The Kier molecular flexibility index (Phi) is 4.87. The fourth-order valence-electron chi connectivity index (χ4n) is 2.49. The molecule has 1 aliphatic rings. The summed E-state index contributed by atoms with van der Waals surface area (Å²) in [5, 5.41) is 2.97. The highest BCUT2D eigenvalue weighted by molar-refractivity contribution is 5.92. The van der Waals surface area contributed by atoms with Gasteiger partial charge in [-0.3, -0.25) is 9.78 Å². The van der Waals surface area contributed by atoms with Crippen molar-refractivity contribution in [3.8, 4) is 0 Å². The Hall–Kier alpha value is -1.46. The molecule has 1 fully saturated rings. The summed E-state index contributed by atoms with van der Waals surface area (Å²) < 4.78 is 0. The number of carbonyl (C=O) groups excluding carboxylic acids is 1. The van der Waals surface area contributed by atoms with Crippen molar-refractivity contribution >= 4 is 5.91 Å². The molecule has 0 radical (unpaired) electrons. The quantitative estimate of drug-likeness (QED) is 0.834. The molecule has 1 aliphatic heterocycles. The van der Waals surface area contributed by atoms with Gasteiger partial charge >= 0.3 is 0 Å². The Morgan fingerprint density at radius 3 is 3.21 bits per heavy atom. The highest BCUT2D eigenvalue weighted by Gasteiger charge is 2.18. The minimum atomic E-state index is -0.108. The fourth-order valence-corrected chi connectivity index (χ4v) is 2.49. The van der Waals surface area contributed by atoms with E-state index in [0.717, 1.165) is 25.2 Å². The van der Waals surface area contributed by atoms with E-state index in [-0.39, 0.29) is 5.91 Å². The highest BCUT2D eigenvalue weighted by Crippen LogP contribution is 2.14. The van der Waals surface area contributed by atoms with Gasteiger partial charge in [0.05, 0.1) is 0 Å². The number of nitrogens with one attached hydrogen (secondary N) is 1. The Morgan fingerprint density at radius 2 is 2.47 bits per heavy atom. The number of pyridine rings is 1. The molecule has 5 nitrogen and oxygen atoms in total. The molecule has 104 valence electrons. The van der Waals surface area contributed by atoms with Crippen LogP contribution in [0.2, 0.25) is 0 Å². The van der Waals surface area contributed by atoms with Gasteiger partial charge in [-0.05, 0) is 50.0 Å². The first-order valence-corrected chi connectivity index (χ1v) is 6.81. The molecule has 1 aromatic rings. The molecule has 2 heterocycles. The largest absolute Gasteiger partial charge is 0.350 e. The third-order valence-electron chi connectivity index (χ3n) is 3.57. The maximum atomic E-state index is 12.0. The third kappa shape index (κ3) is 4.01. The zero-order valence-corrected chi connectivity index (χ0v) is 11.4. The standard InChI is InChI=1S/C14H22N4O/c1-18-6-2-3-12(10-18)9-17-14(19)13-7-11(8-15)4-5-16-13/h4-5,7,12H,2-3,6,8-10,15H2,1H3,(H,17,19). The summed E-state index contributed by atoms with van der Waals surface area (Å²) in [6.45, 7) is 3.36. The minimum Gasteiger partial charge on any atom is -0.350 e. The van der Waals surface area contributed by atoms with Crippen molar-refractivity contribution in [3.63, 3.8) is 0 Å². The van der Waals surface area contributed by atoms with Crippen LogP contribution in [-0.2, 0) is 6.54 Å². The van der Waals surface area contributed by atoms with Crippen molar-refractivity contribution in [3.05, 3.63) is 29.6 Å². The fraction of sp³-hybridized carbons (Fsp3) is 0.571. The average Bonchev–Trinajstić information content (AvgIpc) is 2.45. The maximum absolute atomic E-state index is 12.0. The number of hydrogen-bond donors (Lipinski definition) is 2. The summed E-state index contributed by atoms with van der Waals surface area (Å²) in [7, 11) is 2.13. The van der Waals surface area contributed by atoms with Gasteiger partial charge in [0.2, 0.25) is 0 Å². The first kappa shape index (κ1) is 14.0. The molecule has 0 aromatic carbocycles. The molecule has 1 amide bonds. The monoisotopic (exact) mass is 262 g/mol. The van der Waals surface area contributed by atoms with Crippen molar-refractivity contribution in [2.24, 2.45) is 11.7 Å². The number of rotatable bonds is 4. The molecule has 3 N–H and O–H groups in total. The number of likely N-dealkylation sites (tertiary alicyclic amines) is 1. The highest BCUT2D eigenvalue weighted by atomic mass is 16.1. The van der Waals surface area contributed by atoms with E-state index >= 15 is 0 Å². The zero-order chi connectivity index (χ0) is 13.7. The molecule has 1 unspecified atom stereocenters. The van der Waals surface area contributed by atoms with Crippen LogP contribution in [0.15, 0.2) is 18.3 Å². The summed E-state index contributed by atoms with van der Waals surface area (Å²) in [5.74, 6) is 0.434. The zero-order valence-electron chi connectivity index (χ0n) is 11.4. The van der Waals surface area contributed by atoms with E-state index in [1.54, 1.807) is 12.3 Å². The van der Waals surface area contributed by atoms with E-state index < -0.39 is 0 Å². The van der Waals surface area contributed by atoms with Crippen LogP contribution in [0, 0.1) is 5.92 Å². The second kappa shape index (κ2) is 6.63. The summed E-state index contributed by atoms with van der Waals surface area (Å²) >= 11 is 0. The van der Waals surface area contributed by atoms with Gasteiger partial charge in [0.25, 0.3) is 5.91 Å². The molecule has 2 rings (SSSR count). The van der Waals surface area contributed by atoms with Crippen LogP contribution in [0.3, 0.4) is 0 Å². The van der Waals surface area contributed by atoms with Gasteiger partial charge in [0, 0.05) is 25.8 Å². The van der Waals surface area contributed by atoms with Gasteiger partial charge in [-0.15, -0.1) is 0 Å². The Bertz CT molecular complexity index is 435. The molecule has 0 saturated carbocycles. The molecule has 0 aliphatic carbocycles. The van der Waals surface area contributed by atoms with E-state index in [2.05, 4.69) is 22.2 Å². The summed E-state index contributed by atoms with van der Waals surface area (Å²) in [5.41, 5.74) is 6.94. The van der Waals surface area contributed by atoms with Crippen molar-refractivity contribution in [1.82, 2.24) is 15.2 Å². The second-order valence-electron chi connectivity index (χ2n) is 5.23. The van der Waals surface area contributed by atoms with Crippen LogP contribution in [-0.4, -0.2) is 42.5 Å². The number of piperidine rings is 1. The molecule has 0 bridgehead atoms. The molecular formula is C14H22N4O. The molecular weight excluding hydrogens is 240 g/mol. The molecule has 1 atom stereocenters. The Balaban J connectivity index is 1.86. The molecule has 19 heavy (non-hydrogen) atoms. The van der Waals surface area contributed by atoms with Gasteiger partial charge in [-0.2, -0.15) is 0 Å². The number of aromatic nitrogens is 1. The van der Waals surface area contributed by atoms with Crippen LogP contribution < -0.4 is 11.1 Å². The van der Waals surface area contributed by atoms with Crippen LogP contribution in [0.5, 0.6) is 0 Å². The number of nitrogens with zero attached hydrogens (tertiary/aromatic N) is 2. The van der Waals surface area contributed by atoms with Gasteiger partial charge in [0.15, 0.2) is 0 Å². The van der Waals surface area contributed by atoms with E-state index in [4.69, 9.17) is 5.73 Å². The van der Waals surface area contributed by atoms with Gasteiger partial charge < -0.3 is 16.0 Å². The minimum absolute atomic E-state index is 0.108. The Morgan fingerprint density at radius 1 is 1.63 bits per heavy atom. The van der Waals surface area contributed by atoms with Crippen molar-refractivity contribution < 1.29 is 4.79 Å². The summed E-state index contributed by atoms with van der Waals surface area (Å²) in [6, 6.07) is 3.58. The van der Waals surface area contributed by atoms with Crippen molar-refractivity contribution in [2.45, 2.75) is 19.4 Å². The first-order chi connectivity index (χ1) is 9.19. The Labute approximate surface area is 114 Å². The molecule has 1 aromatic heterocycles. The smallest absolute Gasteiger partial charge is 0.269 e. The van der Waals surface area contributed by atoms with E-state index in [9.17, 15) is 4.79 Å². The number of hydrogen-bond acceptors (Lipinski definition) is 4. The van der Waals surface area contributed by atoms with Crippen molar-refractivity contribution in [1.29, 1.82) is 0 Å². The lowest BCUT2D eigenvalue weighted by atomic mass is 9.98. The number of amides is 1. The molecule has 0 spiro atoms. The first-order valence-electron chi connectivity index (χ1n) is 6.81. The topological polar surface area (TPSA) is 71.2 Å². The summed E-state index contributed by atoms with van der Waals surface area (Å²) in [4.78, 5) is 18.4. The maximum Gasteiger partial charge on any atom is 0.269 e.